The van der Waals surface area contributed by atoms with Crippen LogP contribution in [0.3, 0.4) is 0 Å². The van der Waals surface area contributed by atoms with Crippen LogP contribution in [0, 0.1) is 11.8 Å². The highest BCUT2D eigenvalue weighted by molar-refractivity contribution is 8.00. The van der Waals surface area contributed by atoms with Crippen LogP contribution in [-0.4, -0.2) is 40.6 Å². The number of rotatable bonds is 5. The van der Waals surface area contributed by atoms with Crippen molar-refractivity contribution in [1.82, 2.24) is 10.2 Å². The third-order valence-corrected chi connectivity index (χ3v) is 6.85. The van der Waals surface area contributed by atoms with E-state index in [9.17, 15) is 4.79 Å². The van der Waals surface area contributed by atoms with Gasteiger partial charge < -0.3 is 4.90 Å². The lowest BCUT2D eigenvalue weighted by Gasteiger charge is -2.31. The molecule has 2 unspecified atom stereocenters. The molecule has 1 aliphatic heterocycles. The maximum atomic E-state index is 12.8. The van der Waals surface area contributed by atoms with Gasteiger partial charge in [0.15, 0.2) is 0 Å². The lowest BCUT2D eigenvalue weighted by Crippen LogP contribution is -2.45. The van der Waals surface area contributed by atoms with Gasteiger partial charge in [-0.25, -0.2) is 0 Å². The number of carbonyl (C=O) groups is 1. The number of nitrogens with zero attached hydrogens (tertiary/aromatic N) is 1. The van der Waals surface area contributed by atoms with Gasteiger partial charge in [-0.1, -0.05) is 26.7 Å². The van der Waals surface area contributed by atoms with Crippen molar-refractivity contribution >= 4 is 17.7 Å². The van der Waals surface area contributed by atoms with E-state index < -0.39 is 0 Å². The summed E-state index contributed by atoms with van der Waals surface area (Å²) in [6.07, 6.45) is 10.3. The molecule has 3 aliphatic rings. The second kappa shape index (κ2) is 5.53. The first-order valence-electron chi connectivity index (χ1n) is 8.18. The van der Waals surface area contributed by atoms with Crippen LogP contribution in [0.15, 0.2) is 0 Å². The summed E-state index contributed by atoms with van der Waals surface area (Å²) in [5.41, 5.74) is 0. The topological polar surface area (TPSA) is 32.3 Å². The quantitative estimate of drug-likeness (QED) is 0.847. The third kappa shape index (κ3) is 2.61. The molecule has 20 heavy (non-hydrogen) atoms. The number of nitrogens with one attached hydrogen (secondary N) is 1. The summed E-state index contributed by atoms with van der Waals surface area (Å²) in [6.45, 7) is 5.28. The number of thioether (sulfide) groups is 1. The van der Waals surface area contributed by atoms with E-state index in [4.69, 9.17) is 0 Å². The Morgan fingerprint density at radius 3 is 2.50 bits per heavy atom. The van der Waals surface area contributed by atoms with Crippen LogP contribution in [0.25, 0.3) is 0 Å². The van der Waals surface area contributed by atoms with Crippen molar-refractivity contribution < 1.29 is 4.79 Å². The highest BCUT2D eigenvalue weighted by atomic mass is 32.2. The molecule has 2 atom stereocenters. The maximum Gasteiger partial charge on any atom is 0.241 e. The summed E-state index contributed by atoms with van der Waals surface area (Å²) >= 11 is 1.96. The van der Waals surface area contributed by atoms with Crippen LogP contribution in [-0.2, 0) is 4.79 Å². The van der Waals surface area contributed by atoms with Gasteiger partial charge in [0, 0.05) is 11.3 Å². The summed E-state index contributed by atoms with van der Waals surface area (Å²) in [4.78, 5) is 15.0. The second-order valence-electron chi connectivity index (χ2n) is 7.23. The lowest BCUT2D eigenvalue weighted by molar-refractivity contribution is -0.131. The van der Waals surface area contributed by atoms with Crippen molar-refractivity contribution in [3.05, 3.63) is 0 Å². The Labute approximate surface area is 127 Å². The minimum Gasteiger partial charge on any atom is -0.324 e. The molecule has 2 aliphatic carbocycles. The maximum absolute atomic E-state index is 12.8. The van der Waals surface area contributed by atoms with Crippen LogP contribution < -0.4 is 5.32 Å². The van der Waals surface area contributed by atoms with E-state index in [2.05, 4.69) is 30.3 Å². The predicted octanol–water partition coefficient (Wildman–Crippen LogP) is 2.85. The van der Waals surface area contributed by atoms with Crippen LogP contribution in [0.5, 0.6) is 0 Å². The molecule has 0 aromatic heterocycles. The fourth-order valence-corrected chi connectivity index (χ4v) is 4.63. The highest BCUT2D eigenvalue weighted by Gasteiger charge is 2.50. The highest BCUT2D eigenvalue weighted by Crippen LogP contribution is 2.49. The van der Waals surface area contributed by atoms with E-state index in [1.807, 2.05) is 11.8 Å². The van der Waals surface area contributed by atoms with E-state index in [1.54, 1.807) is 0 Å². The number of hydrogen-bond acceptors (Lipinski definition) is 3. The Hall–Kier alpha value is -0.220. The average molecular weight is 296 g/mol. The standard InChI is InChI=1S/C16H28N2OS/c1-11(2)13-15(19)18(10-16(20-3)8-9-16)14(17-13)12-6-4-5-7-12/h11-14,17H,4-10H2,1-3H3. The minimum absolute atomic E-state index is 0.0401. The van der Waals surface area contributed by atoms with Crippen molar-refractivity contribution in [2.45, 2.75) is 69.3 Å². The summed E-state index contributed by atoms with van der Waals surface area (Å²) < 4.78 is 0.375. The fourth-order valence-electron chi connectivity index (χ4n) is 3.86. The van der Waals surface area contributed by atoms with Gasteiger partial charge in [-0.15, -0.1) is 0 Å². The van der Waals surface area contributed by atoms with Crippen LogP contribution >= 0.6 is 11.8 Å². The molecule has 4 heteroatoms. The molecule has 3 rings (SSSR count). The van der Waals surface area contributed by atoms with Crippen LogP contribution in [0.1, 0.15) is 52.4 Å². The van der Waals surface area contributed by atoms with E-state index in [-0.39, 0.29) is 6.04 Å². The molecule has 0 bridgehead atoms. The van der Waals surface area contributed by atoms with Gasteiger partial charge in [-0.2, -0.15) is 11.8 Å². The first kappa shape index (κ1) is 14.7. The first-order valence-corrected chi connectivity index (χ1v) is 9.40. The normalized spacial score (nSPS) is 33.4. The average Bonchev–Trinajstić information content (AvgIpc) is 2.84. The van der Waals surface area contributed by atoms with Gasteiger partial charge >= 0.3 is 0 Å². The van der Waals surface area contributed by atoms with Gasteiger partial charge in [-0.05, 0) is 43.8 Å². The van der Waals surface area contributed by atoms with Gasteiger partial charge in [-0.3, -0.25) is 10.1 Å². The molecule has 1 amide bonds. The molecule has 1 saturated heterocycles. The molecule has 3 fully saturated rings. The zero-order valence-electron chi connectivity index (χ0n) is 13.0. The summed E-state index contributed by atoms with van der Waals surface area (Å²) in [6, 6.07) is 0.0401. The fraction of sp³-hybridized carbons (Fsp3) is 0.938. The largest absolute Gasteiger partial charge is 0.324 e. The van der Waals surface area contributed by atoms with E-state index >= 15 is 0 Å². The zero-order valence-corrected chi connectivity index (χ0v) is 13.8. The molecule has 1 N–H and O–H groups in total. The Kier molecular flexibility index (Phi) is 4.06. The van der Waals surface area contributed by atoms with E-state index in [0.717, 1.165) is 6.54 Å². The van der Waals surface area contributed by atoms with Crippen molar-refractivity contribution in [3.8, 4) is 0 Å². The smallest absolute Gasteiger partial charge is 0.241 e. The number of amides is 1. The first-order chi connectivity index (χ1) is 9.56. The van der Waals surface area contributed by atoms with Crippen LogP contribution in [0.4, 0.5) is 0 Å². The van der Waals surface area contributed by atoms with Gasteiger partial charge in [0.05, 0.1) is 12.2 Å². The number of carbonyl (C=O) groups excluding carboxylic acids is 1. The molecule has 0 aromatic rings. The molecular weight excluding hydrogens is 268 g/mol. The molecule has 114 valence electrons. The molecule has 0 radical (unpaired) electrons. The van der Waals surface area contributed by atoms with Gasteiger partial charge in [0.2, 0.25) is 5.91 Å². The van der Waals surface area contributed by atoms with E-state index in [0.29, 0.717) is 28.7 Å². The summed E-state index contributed by atoms with van der Waals surface area (Å²) in [5.74, 6) is 1.43. The van der Waals surface area contributed by atoms with Crippen LogP contribution in [0.2, 0.25) is 0 Å². The zero-order chi connectivity index (χ0) is 14.3. The number of hydrogen-bond donors (Lipinski definition) is 1. The predicted molar refractivity (Wildman–Crippen MR) is 84.7 cm³/mol. The molecule has 0 spiro atoms. The molecule has 3 nitrogen and oxygen atoms in total. The second-order valence-corrected chi connectivity index (χ2v) is 8.51. The van der Waals surface area contributed by atoms with Gasteiger partial charge in [0.1, 0.15) is 0 Å². The summed E-state index contributed by atoms with van der Waals surface area (Å²) in [7, 11) is 0. The van der Waals surface area contributed by atoms with Crippen molar-refractivity contribution in [3.63, 3.8) is 0 Å². The van der Waals surface area contributed by atoms with Crippen molar-refractivity contribution in [2.75, 3.05) is 12.8 Å². The Bertz CT molecular complexity index is 375. The summed E-state index contributed by atoms with van der Waals surface area (Å²) in [5, 5.41) is 3.67. The SMILES string of the molecule is CSC1(CN2C(=O)C(C(C)C)NC2C2CCCC2)CC1. The van der Waals surface area contributed by atoms with Gasteiger partial charge in [0.25, 0.3) is 0 Å². The Morgan fingerprint density at radius 2 is 2.00 bits per heavy atom. The third-order valence-electron chi connectivity index (χ3n) is 5.45. The lowest BCUT2D eigenvalue weighted by atomic mass is 10.0. The molecule has 0 aromatic carbocycles. The van der Waals surface area contributed by atoms with Crippen molar-refractivity contribution in [2.24, 2.45) is 11.8 Å². The van der Waals surface area contributed by atoms with E-state index in [1.165, 1.54) is 38.5 Å². The molecule has 2 saturated carbocycles. The Balaban J connectivity index is 1.76. The Morgan fingerprint density at radius 1 is 1.35 bits per heavy atom. The molecular formula is C16H28N2OS. The minimum atomic E-state index is 0.0401. The monoisotopic (exact) mass is 296 g/mol. The van der Waals surface area contributed by atoms with Crippen molar-refractivity contribution in [1.29, 1.82) is 0 Å². The molecule has 1 heterocycles.